The third kappa shape index (κ3) is 4.09. The van der Waals surface area contributed by atoms with Crippen LogP contribution in [0.15, 0.2) is 18.2 Å². The van der Waals surface area contributed by atoms with Crippen LogP contribution in [0.4, 0.5) is 0 Å². The van der Waals surface area contributed by atoms with Crippen molar-refractivity contribution in [2.75, 3.05) is 0 Å². The van der Waals surface area contributed by atoms with Crippen LogP contribution in [-0.2, 0) is 4.57 Å². The minimum Gasteiger partial charge on any atom is -1.00 e. The SMILES string of the molecule is N#CP(=O)(O)Oc1c(Cl)cccc1Cl.[H-].[Li+]. The van der Waals surface area contributed by atoms with Crippen molar-refractivity contribution in [3.63, 3.8) is 0 Å². The summed E-state index contributed by atoms with van der Waals surface area (Å²) in [4.78, 5) is 8.88. The normalized spacial score (nSPS) is 13.2. The van der Waals surface area contributed by atoms with Crippen LogP contribution in [-0.4, -0.2) is 4.89 Å². The van der Waals surface area contributed by atoms with E-state index in [-0.39, 0.29) is 36.1 Å². The van der Waals surface area contributed by atoms with Crippen molar-refractivity contribution in [3.05, 3.63) is 28.2 Å². The summed E-state index contributed by atoms with van der Waals surface area (Å²) < 4.78 is 15.4. The minimum atomic E-state index is -4.31. The average Bonchev–Trinajstić information content (AvgIpc) is 2.12. The Kier molecular flexibility index (Phi) is 5.78. The maximum atomic E-state index is 10.9. The predicted molar refractivity (Wildman–Crippen MR) is 53.6 cm³/mol. The van der Waals surface area contributed by atoms with Crippen molar-refractivity contribution in [2.24, 2.45) is 0 Å². The van der Waals surface area contributed by atoms with Gasteiger partial charge in [0, 0.05) is 0 Å². The number of nitrogens with zero attached hydrogens (tertiary/aromatic N) is 1. The topological polar surface area (TPSA) is 70.3 Å². The summed E-state index contributed by atoms with van der Waals surface area (Å²) in [6, 6.07) is 4.41. The van der Waals surface area contributed by atoms with Gasteiger partial charge in [-0.15, -0.1) is 0 Å². The van der Waals surface area contributed by atoms with Crippen molar-refractivity contribution in [1.82, 2.24) is 0 Å². The second kappa shape index (κ2) is 5.82. The number of hydrogen-bond donors (Lipinski definition) is 1. The molecule has 0 heterocycles. The van der Waals surface area contributed by atoms with Crippen LogP contribution in [0.5, 0.6) is 5.75 Å². The molecule has 0 saturated carbocycles. The van der Waals surface area contributed by atoms with Crippen LogP contribution in [0.1, 0.15) is 1.43 Å². The molecular weight excluding hydrogens is 255 g/mol. The van der Waals surface area contributed by atoms with Crippen LogP contribution in [0, 0.1) is 11.1 Å². The third-order valence-electron chi connectivity index (χ3n) is 1.26. The maximum Gasteiger partial charge on any atom is 1.00 e. The molecule has 76 valence electrons. The smallest absolute Gasteiger partial charge is 1.00 e. The average molecular weight is 260 g/mol. The molecule has 1 aromatic rings. The summed E-state index contributed by atoms with van der Waals surface area (Å²) in [6.45, 7) is 0. The molecule has 1 unspecified atom stereocenters. The predicted octanol–water partition coefficient (Wildman–Crippen LogP) is 0.155. The quantitative estimate of drug-likeness (QED) is 0.607. The van der Waals surface area contributed by atoms with Gasteiger partial charge in [0.1, 0.15) is 0 Å². The fourth-order valence-corrected chi connectivity index (χ4v) is 1.78. The van der Waals surface area contributed by atoms with E-state index in [4.69, 9.17) is 33.4 Å². The van der Waals surface area contributed by atoms with E-state index in [1.807, 2.05) is 0 Å². The van der Waals surface area contributed by atoms with Gasteiger partial charge in [0.05, 0.1) is 10.0 Å². The standard InChI is InChI=1S/C7H4Cl2NO3P.Li.H/c8-5-2-1-3-6(9)7(5)13-14(11,12)4-10;;/h1-3H,(H,11,12);;/q;+1;-1. The van der Waals surface area contributed by atoms with Crippen LogP contribution >= 0.6 is 30.8 Å². The van der Waals surface area contributed by atoms with Gasteiger partial charge in [-0.05, 0) is 12.1 Å². The Labute approximate surface area is 110 Å². The molecule has 0 spiro atoms. The molecule has 0 saturated heterocycles. The Morgan fingerprint density at radius 3 is 2.33 bits per heavy atom. The van der Waals surface area contributed by atoms with Crippen LogP contribution < -0.4 is 23.4 Å². The molecule has 0 aromatic heterocycles. The molecule has 0 radical (unpaired) electrons. The molecule has 1 aromatic carbocycles. The van der Waals surface area contributed by atoms with Gasteiger partial charge in [-0.2, -0.15) is 5.26 Å². The van der Waals surface area contributed by atoms with Gasteiger partial charge in [0.2, 0.25) is 0 Å². The van der Waals surface area contributed by atoms with E-state index in [1.54, 1.807) is 6.07 Å². The maximum absolute atomic E-state index is 10.9. The van der Waals surface area contributed by atoms with E-state index in [0.717, 1.165) is 5.81 Å². The van der Waals surface area contributed by atoms with Gasteiger partial charge in [0.15, 0.2) is 11.6 Å². The molecule has 0 amide bonds. The Balaban J connectivity index is 0. The van der Waals surface area contributed by atoms with Gasteiger partial charge < -0.3 is 10.8 Å². The monoisotopic (exact) mass is 259 g/mol. The zero-order valence-electron chi connectivity index (χ0n) is 8.65. The molecule has 1 atom stereocenters. The first kappa shape index (κ1) is 14.9. The van der Waals surface area contributed by atoms with Crippen molar-refractivity contribution < 1.29 is 34.3 Å². The van der Waals surface area contributed by atoms with E-state index in [2.05, 4.69) is 4.52 Å². The summed E-state index contributed by atoms with van der Waals surface area (Å²) in [5.74, 6) is 0.952. The van der Waals surface area contributed by atoms with Crippen LogP contribution in [0.25, 0.3) is 0 Å². The van der Waals surface area contributed by atoms with Gasteiger partial charge >= 0.3 is 26.5 Å². The molecule has 4 nitrogen and oxygen atoms in total. The first-order valence-corrected chi connectivity index (χ1v) is 5.67. The number of para-hydroxylation sites is 1. The second-order valence-corrected chi connectivity index (χ2v) is 4.50. The van der Waals surface area contributed by atoms with Gasteiger partial charge in [-0.25, -0.2) is 4.57 Å². The third-order valence-corrected chi connectivity index (χ3v) is 2.54. The van der Waals surface area contributed by atoms with Crippen LogP contribution in [0.3, 0.4) is 0 Å². The van der Waals surface area contributed by atoms with E-state index >= 15 is 0 Å². The summed E-state index contributed by atoms with van der Waals surface area (Å²) in [6.07, 6.45) is 0. The number of hydrogen-bond acceptors (Lipinski definition) is 3. The molecular formula is C7H5Cl2LiNO3P. The zero-order chi connectivity index (χ0) is 10.8. The zero-order valence-corrected chi connectivity index (χ0v) is 10.1. The minimum absolute atomic E-state index is 0. The Bertz CT molecular complexity index is 433. The molecule has 0 aliphatic carbocycles. The summed E-state index contributed by atoms with van der Waals surface area (Å²) in [5, 5.41) is 8.41. The van der Waals surface area contributed by atoms with Gasteiger partial charge in [-0.3, -0.25) is 0 Å². The Hall–Kier alpha value is -0.123. The van der Waals surface area contributed by atoms with Crippen molar-refractivity contribution in [1.29, 1.82) is 5.26 Å². The fourth-order valence-electron chi connectivity index (χ4n) is 0.714. The molecule has 0 aliphatic heterocycles. The number of rotatable bonds is 2. The fraction of sp³-hybridized carbons (Fsp3) is 0. The Morgan fingerprint density at radius 1 is 1.47 bits per heavy atom. The van der Waals surface area contributed by atoms with Crippen molar-refractivity contribution in [2.45, 2.75) is 0 Å². The van der Waals surface area contributed by atoms with Crippen molar-refractivity contribution >= 4 is 30.8 Å². The number of halogens is 2. The Morgan fingerprint density at radius 2 is 1.93 bits per heavy atom. The molecule has 15 heavy (non-hydrogen) atoms. The van der Waals surface area contributed by atoms with E-state index < -0.39 is 7.60 Å². The van der Waals surface area contributed by atoms with Gasteiger partial charge in [-0.1, -0.05) is 29.3 Å². The van der Waals surface area contributed by atoms with E-state index in [0.29, 0.717) is 0 Å². The molecule has 1 rings (SSSR count). The van der Waals surface area contributed by atoms with Crippen LogP contribution in [0.2, 0.25) is 10.0 Å². The second-order valence-electron chi connectivity index (χ2n) is 2.26. The van der Waals surface area contributed by atoms with Gasteiger partial charge in [0.25, 0.3) is 0 Å². The van der Waals surface area contributed by atoms with Crippen molar-refractivity contribution in [3.8, 4) is 11.6 Å². The molecule has 8 heteroatoms. The summed E-state index contributed by atoms with van der Waals surface area (Å²) in [5.41, 5.74) is 0. The van der Waals surface area contributed by atoms with E-state index in [9.17, 15) is 4.57 Å². The first-order valence-electron chi connectivity index (χ1n) is 3.34. The molecule has 0 aliphatic rings. The van der Waals surface area contributed by atoms with E-state index in [1.165, 1.54) is 12.1 Å². The molecule has 0 bridgehead atoms. The molecule has 1 N–H and O–H groups in total. The first-order chi connectivity index (χ1) is 6.46. The largest absolute Gasteiger partial charge is 1.00 e. The summed E-state index contributed by atoms with van der Waals surface area (Å²) in [7, 11) is -4.31. The summed E-state index contributed by atoms with van der Waals surface area (Å²) >= 11 is 11.3. The molecule has 0 fully saturated rings. The number of benzene rings is 1. The number of nitriles is 1.